The van der Waals surface area contributed by atoms with Crippen molar-refractivity contribution < 1.29 is 9.59 Å². The predicted molar refractivity (Wildman–Crippen MR) is 87.7 cm³/mol. The number of nitrogens with two attached hydrogens (primary N) is 1. The third kappa shape index (κ3) is 4.35. The molecule has 0 spiro atoms. The average molecular weight is 330 g/mol. The topological polar surface area (TPSA) is 75.4 Å². The van der Waals surface area contributed by atoms with Gasteiger partial charge in [0.1, 0.15) is 0 Å². The van der Waals surface area contributed by atoms with Gasteiger partial charge in [-0.05, 0) is 44.9 Å². The van der Waals surface area contributed by atoms with Crippen molar-refractivity contribution in [1.29, 1.82) is 0 Å². The van der Waals surface area contributed by atoms with Crippen LogP contribution in [0, 0.1) is 11.8 Å². The third-order valence-corrected chi connectivity index (χ3v) is 5.17. The molecule has 126 valence electrons. The van der Waals surface area contributed by atoms with Crippen LogP contribution in [-0.4, -0.2) is 41.9 Å². The summed E-state index contributed by atoms with van der Waals surface area (Å²) in [5, 5.41) is 3.18. The SMILES string of the molecule is Cl.NC1CCCC(C(=O)NC2CCN(C(=O)C3CC3)CC2)C1. The molecule has 1 heterocycles. The number of piperidine rings is 1. The maximum Gasteiger partial charge on any atom is 0.225 e. The molecule has 5 nitrogen and oxygen atoms in total. The molecule has 2 atom stereocenters. The molecular weight excluding hydrogens is 302 g/mol. The van der Waals surface area contributed by atoms with Crippen molar-refractivity contribution in [2.24, 2.45) is 17.6 Å². The highest BCUT2D eigenvalue weighted by atomic mass is 35.5. The van der Waals surface area contributed by atoms with E-state index >= 15 is 0 Å². The second kappa shape index (κ2) is 7.64. The van der Waals surface area contributed by atoms with Crippen molar-refractivity contribution >= 4 is 24.2 Å². The highest BCUT2D eigenvalue weighted by molar-refractivity contribution is 5.85. The van der Waals surface area contributed by atoms with Gasteiger partial charge >= 0.3 is 0 Å². The van der Waals surface area contributed by atoms with Gasteiger partial charge in [-0.2, -0.15) is 0 Å². The Morgan fingerprint density at radius 2 is 1.64 bits per heavy atom. The van der Waals surface area contributed by atoms with Gasteiger partial charge in [-0.3, -0.25) is 9.59 Å². The van der Waals surface area contributed by atoms with Crippen LogP contribution in [0.5, 0.6) is 0 Å². The van der Waals surface area contributed by atoms with Crippen molar-refractivity contribution in [2.45, 2.75) is 63.5 Å². The first-order chi connectivity index (χ1) is 10.1. The Balaban J connectivity index is 0.00000176. The lowest BCUT2D eigenvalue weighted by Crippen LogP contribution is -2.49. The van der Waals surface area contributed by atoms with E-state index in [2.05, 4.69) is 5.32 Å². The number of amides is 2. The van der Waals surface area contributed by atoms with Crippen molar-refractivity contribution in [3.05, 3.63) is 0 Å². The van der Waals surface area contributed by atoms with Crippen molar-refractivity contribution in [1.82, 2.24) is 10.2 Å². The molecule has 2 unspecified atom stereocenters. The smallest absolute Gasteiger partial charge is 0.225 e. The Kier molecular flexibility index (Phi) is 6.09. The van der Waals surface area contributed by atoms with Gasteiger partial charge in [0, 0.05) is 37.0 Å². The normalized spacial score (nSPS) is 29.6. The van der Waals surface area contributed by atoms with E-state index in [9.17, 15) is 9.59 Å². The van der Waals surface area contributed by atoms with Crippen LogP contribution in [0.4, 0.5) is 0 Å². The monoisotopic (exact) mass is 329 g/mol. The summed E-state index contributed by atoms with van der Waals surface area (Å²) in [7, 11) is 0. The van der Waals surface area contributed by atoms with Crippen molar-refractivity contribution in [3.8, 4) is 0 Å². The van der Waals surface area contributed by atoms with Gasteiger partial charge in [0.05, 0.1) is 0 Å². The first kappa shape index (κ1) is 17.5. The second-order valence-corrected chi connectivity index (χ2v) is 7.01. The van der Waals surface area contributed by atoms with E-state index in [1.165, 1.54) is 0 Å². The number of carbonyl (C=O) groups excluding carboxylic acids is 2. The number of nitrogens with zero attached hydrogens (tertiary/aromatic N) is 1. The molecule has 0 aromatic rings. The van der Waals surface area contributed by atoms with E-state index in [0.29, 0.717) is 11.8 Å². The molecular formula is C16H28ClN3O2. The summed E-state index contributed by atoms with van der Waals surface area (Å²) in [5.74, 6) is 0.912. The second-order valence-electron chi connectivity index (χ2n) is 7.01. The van der Waals surface area contributed by atoms with Crippen LogP contribution in [-0.2, 0) is 9.59 Å². The fourth-order valence-electron chi connectivity index (χ4n) is 3.62. The molecule has 2 amide bonds. The molecule has 1 saturated heterocycles. The first-order valence-electron chi connectivity index (χ1n) is 8.48. The maximum atomic E-state index is 12.3. The molecule has 3 fully saturated rings. The van der Waals surface area contributed by atoms with E-state index in [-0.39, 0.29) is 36.3 Å². The first-order valence-corrected chi connectivity index (χ1v) is 8.48. The van der Waals surface area contributed by atoms with Gasteiger partial charge in [0.25, 0.3) is 0 Å². The molecule has 0 radical (unpaired) electrons. The molecule has 2 aliphatic carbocycles. The fraction of sp³-hybridized carbons (Fsp3) is 0.875. The lowest BCUT2D eigenvalue weighted by Gasteiger charge is -2.34. The zero-order valence-electron chi connectivity index (χ0n) is 13.1. The Morgan fingerprint density at radius 3 is 2.23 bits per heavy atom. The minimum Gasteiger partial charge on any atom is -0.353 e. The fourth-order valence-corrected chi connectivity index (χ4v) is 3.62. The standard InChI is InChI=1S/C16H27N3O2.ClH/c17-13-3-1-2-12(10-13)15(20)18-14-6-8-19(9-7-14)16(21)11-4-5-11;/h11-14H,1-10,17H2,(H,18,20);1H. The van der Waals surface area contributed by atoms with Gasteiger partial charge in [-0.25, -0.2) is 0 Å². The predicted octanol–water partition coefficient (Wildman–Crippen LogP) is 1.44. The van der Waals surface area contributed by atoms with Crippen LogP contribution in [0.15, 0.2) is 0 Å². The summed E-state index contributed by atoms with van der Waals surface area (Å²) in [5.41, 5.74) is 5.96. The molecule has 6 heteroatoms. The average Bonchev–Trinajstić information content (AvgIpc) is 3.32. The van der Waals surface area contributed by atoms with E-state index in [1.54, 1.807) is 0 Å². The molecule has 0 bridgehead atoms. The zero-order valence-corrected chi connectivity index (χ0v) is 13.9. The Hall–Kier alpha value is -0.810. The molecule has 2 saturated carbocycles. The highest BCUT2D eigenvalue weighted by Crippen LogP contribution is 2.32. The summed E-state index contributed by atoms with van der Waals surface area (Å²) in [6.45, 7) is 1.59. The minimum atomic E-state index is 0. The van der Waals surface area contributed by atoms with Crippen LogP contribution < -0.4 is 11.1 Å². The molecule has 3 rings (SSSR count). The maximum absolute atomic E-state index is 12.3. The molecule has 22 heavy (non-hydrogen) atoms. The Labute approximate surface area is 138 Å². The van der Waals surface area contributed by atoms with Gasteiger partial charge < -0.3 is 16.0 Å². The van der Waals surface area contributed by atoms with Crippen LogP contribution >= 0.6 is 12.4 Å². The summed E-state index contributed by atoms with van der Waals surface area (Å²) >= 11 is 0. The summed E-state index contributed by atoms with van der Waals surface area (Å²) in [6.07, 6.45) is 7.82. The van der Waals surface area contributed by atoms with Crippen LogP contribution in [0.25, 0.3) is 0 Å². The van der Waals surface area contributed by atoms with Gasteiger partial charge in [-0.15, -0.1) is 12.4 Å². The Bertz CT molecular complexity index is 406. The number of hydrogen-bond acceptors (Lipinski definition) is 3. The quantitative estimate of drug-likeness (QED) is 0.822. The summed E-state index contributed by atoms with van der Waals surface area (Å²) < 4.78 is 0. The number of halogens is 1. The summed E-state index contributed by atoms with van der Waals surface area (Å²) in [6, 6.07) is 0.423. The van der Waals surface area contributed by atoms with Crippen LogP contribution in [0.1, 0.15) is 51.4 Å². The van der Waals surface area contributed by atoms with Gasteiger partial charge in [0.15, 0.2) is 0 Å². The van der Waals surface area contributed by atoms with E-state index in [4.69, 9.17) is 5.73 Å². The zero-order chi connectivity index (χ0) is 14.8. The van der Waals surface area contributed by atoms with Crippen LogP contribution in [0.3, 0.4) is 0 Å². The molecule has 0 aromatic heterocycles. The van der Waals surface area contributed by atoms with Crippen LogP contribution in [0.2, 0.25) is 0 Å². The highest BCUT2D eigenvalue weighted by Gasteiger charge is 2.35. The summed E-state index contributed by atoms with van der Waals surface area (Å²) in [4.78, 5) is 26.3. The number of nitrogens with one attached hydrogen (secondary N) is 1. The lowest BCUT2D eigenvalue weighted by atomic mass is 9.85. The van der Waals surface area contributed by atoms with Gasteiger partial charge in [-0.1, -0.05) is 6.42 Å². The lowest BCUT2D eigenvalue weighted by molar-refractivity contribution is -0.133. The Morgan fingerprint density at radius 1 is 0.955 bits per heavy atom. The number of carbonyl (C=O) groups is 2. The molecule has 3 N–H and O–H groups in total. The van der Waals surface area contributed by atoms with E-state index in [1.807, 2.05) is 4.90 Å². The van der Waals surface area contributed by atoms with E-state index in [0.717, 1.165) is 64.5 Å². The van der Waals surface area contributed by atoms with E-state index < -0.39 is 0 Å². The number of rotatable bonds is 3. The van der Waals surface area contributed by atoms with Crippen molar-refractivity contribution in [3.63, 3.8) is 0 Å². The number of hydrogen-bond donors (Lipinski definition) is 2. The number of likely N-dealkylation sites (tertiary alicyclic amines) is 1. The molecule has 1 aliphatic heterocycles. The molecule has 3 aliphatic rings. The van der Waals surface area contributed by atoms with Gasteiger partial charge in [0.2, 0.25) is 11.8 Å². The largest absolute Gasteiger partial charge is 0.353 e. The van der Waals surface area contributed by atoms with Crippen molar-refractivity contribution in [2.75, 3.05) is 13.1 Å². The molecule has 0 aromatic carbocycles. The minimum absolute atomic E-state index is 0. The third-order valence-electron chi connectivity index (χ3n) is 5.17.